The van der Waals surface area contributed by atoms with Gasteiger partial charge in [0.05, 0.1) is 28.5 Å². The molecule has 3 aromatic carbocycles. The number of carbonyl (C=O) groups excluding carboxylic acids is 1. The number of nitrogens with zero attached hydrogens (tertiary/aromatic N) is 3. The van der Waals surface area contributed by atoms with Crippen molar-refractivity contribution in [2.75, 3.05) is 11.9 Å². The molecule has 0 bridgehead atoms. The number of rotatable bonds is 4. The molecule has 0 unspecified atom stereocenters. The van der Waals surface area contributed by atoms with Gasteiger partial charge in [-0.25, -0.2) is 9.79 Å². The fourth-order valence-corrected chi connectivity index (χ4v) is 5.99. The fourth-order valence-electron chi connectivity index (χ4n) is 3.64. The van der Waals surface area contributed by atoms with Crippen molar-refractivity contribution < 1.29 is 14.7 Å². The summed E-state index contributed by atoms with van der Waals surface area (Å²) in [6, 6.07) is 24.2. The van der Waals surface area contributed by atoms with Gasteiger partial charge < -0.3 is 10.0 Å². The number of carboxylic acids is 1. The Bertz CT molecular complexity index is 1320. The average Bonchev–Trinajstić information content (AvgIpc) is 3.31. The van der Waals surface area contributed by atoms with Crippen LogP contribution in [0.4, 0.5) is 11.4 Å². The van der Waals surface area contributed by atoms with Crippen LogP contribution >= 0.6 is 23.5 Å². The Labute approximate surface area is 199 Å². The molecule has 0 aliphatic carbocycles. The molecule has 1 amide bonds. The normalized spacial score (nSPS) is 18.8. The third-order valence-electron chi connectivity index (χ3n) is 5.30. The van der Waals surface area contributed by atoms with Crippen molar-refractivity contribution in [3.8, 4) is 0 Å². The molecular weight excluding hydrogens is 454 g/mol. The molecule has 0 aromatic heterocycles. The van der Waals surface area contributed by atoms with E-state index in [1.54, 1.807) is 28.8 Å². The Morgan fingerprint density at radius 1 is 0.970 bits per heavy atom. The van der Waals surface area contributed by atoms with Crippen molar-refractivity contribution in [1.29, 1.82) is 0 Å². The zero-order chi connectivity index (χ0) is 22.9. The topological polar surface area (TPSA) is 73.2 Å². The van der Waals surface area contributed by atoms with Crippen LogP contribution in [-0.2, 0) is 11.3 Å². The largest absolute Gasteiger partial charge is 0.478 e. The van der Waals surface area contributed by atoms with E-state index in [1.165, 1.54) is 23.9 Å². The number of carbonyl (C=O) groups is 2. The van der Waals surface area contributed by atoms with Gasteiger partial charge >= 0.3 is 5.97 Å². The molecule has 6 nitrogen and oxygen atoms in total. The lowest BCUT2D eigenvalue weighted by Gasteiger charge is -2.17. The molecule has 0 atom stereocenters. The molecule has 3 aromatic rings. The number of amidine groups is 1. The molecule has 1 saturated heterocycles. The van der Waals surface area contributed by atoms with Gasteiger partial charge in [-0.15, -0.1) is 0 Å². The second-order valence-electron chi connectivity index (χ2n) is 7.49. The van der Waals surface area contributed by atoms with Crippen LogP contribution in [0.25, 0.3) is 0 Å². The molecule has 33 heavy (non-hydrogen) atoms. The minimum Gasteiger partial charge on any atom is -0.478 e. The number of aromatic carboxylic acids is 1. The summed E-state index contributed by atoms with van der Waals surface area (Å²) in [5, 5.41) is 10.7. The lowest BCUT2D eigenvalue weighted by Crippen LogP contribution is -2.29. The maximum absolute atomic E-state index is 13.6. The van der Waals surface area contributed by atoms with Gasteiger partial charge in [-0.1, -0.05) is 60.3 Å². The molecule has 0 radical (unpaired) electrons. The first-order valence-electron chi connectivity index (χ1n) is 10.2. The third kappa shape index (κ3) is 4.15. The van der Waals surface area contributed by atoms with E-state index in [9.17, 15) is 14.7 Å². The highest BCUT2D eigenvalue weighted by Crippen LogP contribution is 2.50. The van der Waals surface area contributed by atoms with Crippen molar-refractivity contribution >= 4 is 51.9 Å². The minimum atomic E-state index is -1.02. The maximum atomic E-state index is 13.6. The number of hydrogen-bond acceptors (Lipinski definition) is 6. The van der Waals surface area contributed by atoms with E-state index in [2.05, 4.69) is 4.99 Å². The van der Waals surface area contributed by atoms with E-state index in [1.807, 2.05) is 66.5 Å². The molecule has 5 rings (SSSR count). The quantitative estimate of drug-likeness (QED) is 0.500. The van der Waals surface area contributed by atoms with Crippen molar-refractivity contribution in [3.63, 3.8) is 0 Å². The Balaban J connectivity index is 1.56. The molecule has 2 heterocycles. The SMILES string of the molecule is CN1/C(=C2/SC(=Nc3cccc(C(=O)O)c3)N(Cc3ccccc3)C2=O)Sc2ccccc21. The van der Waals surface area contributed by atoms with Gasteiger partial charge in [0.1, 0.15) is 4.91 Å². The highest BCUT2D eigenvalue weighted by Gasteiger charge is 2.39. The van der Waals surface area contributed by atoms with Crippen LogP contribution in [0.3, 0.4) is 0 Å². The zero-order valence-electron chi connectivity index (χ0n) is 17.6. The lowest BCUT2D eigenvalue weighted by molar-refractivity contribution is -0.122. The predicted octanol–water partition coefficient (Wildman–Crippen LogP) is 5.56. The van der Waals surface area contributed by atoms with E-state index in [0.29, 0.717) is 22.3 Å². The Morgan fingerprint density at radius 3 is 2.48 bits per heavy atom. The second-order valence-corrected chi connectivity index (χ2v) is 9.50. The smallest absolute Gasteiger partial charge is 0.335 e. The number of hydrogen-bond donors (Lipinski definition) is 1. The predicted molar refractivity (Wildman–Crippen MR) is 133 cm³/mol. The van der Waals surface area contributed by atoms with E-state index in [0.717, 1.165) is 21.2 Å². The van der Waals surface area contributed by atoms with Crippen molar-refractivity contribution in [2.24, 2.45) is 4.99 Å². The lowest BCUT2D eigenvalue weighted by atomic mass is 10.2. The average molecular weight is 474 g/mol. The molecule has 0 saturated carbocycles. The summed E-state index contributed by atoms with van der Waals surface area (Å²) in [7, 11) is 1.96. The molecule has 1 fully saturated rings. The number of para-hydroxylation sites is 1. The van der Waals surface area contributed by atoms with Gasteiger partial charge in [-0.2, -0.15) is 0 Å². The second kappa shape index (κ2) is 8.80. The Morgan fingerprint density at radius 2 is 1.73 bits per heavy atom. The molecule has 2 aliphatic heterocycles. The van der Waals surface area contributed by atoms with Gasteiger partial charge in [0.25, 0.3) is 5.91 Å². The minimum absolute atomic E-state index is 0.112. The summed E-state index contributed by atoms with van der Waals surface area (Å²) in [4.78, 5) is 35.1. The van der Waals surface area contributed by atoms with Crippen LogP contribution in [0.15, 0.2) is 98.7 Å². The molecular formula is C25H19N3O3S2. The van der Waals surface area contributed by atoms with Gasteiger partial charge in [0.15, 0.2) is 5.17 Å². The zero-order valence-corrected chi connectivity index (χ0v) is 19.3. The van der Waals surface area contributed by atoms with Crippen LogP contribution in [-0.4, -0.2) is 34.1 Å². The van der Waals surface area contributed by atoms with Gasteiger partial charge in [-0.05, 0) is 47.7 Å². The van der Waals surface area contributed by atoms with Crippen LogP contribution in [0, 0.1) is 0 Å². The number of thioether (sulfide) groups is 2. The number of carboxylic acid groups (broad SMARTS) is 1. The fraction of sp³-hybridized carbons (Fsp3) is 0.0800. The van der Waals surface area contributed by atoms with Gasteiger partial charge in [-0.3, -0.25) is 9.69 Å². The highest BCUT2D eigenvalue weighted by molar-refractivity contribution is 8.19. The van der Waals surface area contributed by atoms with Crippen LogP contribution in [0.1, 0.15) is 15.9 Å². The van der Waals surface area contributed by atoms with E-state index in [-0.39, 0.29) is 11.5 Å². The molecule has 0 spiro atoms. The summed E-state index contributed by atoms with van der Waals surface area (Å²) >= 11 is 2.90. The monoisotopic (exact) mass is 473 g/mol. The highest BCUT2D eigenvalue weighted by atomic mass is 32.2. The first-order chi connectivity index (χ1) is 16.0. The summed E-state index contributed by atoms with van der Waals surface area (Å²) in [5.41, 5.74) is 2.69. The Kier molecular flexibility index (Phi) is 5.70. The van der Waals surface area contributed by atoms with E-state index >= 15 is 0 Å². The number of amides is 1. The van der Waals surface area contributed by atoms with Gasteiger partial charge in [0, 0.05) is 11.9 Å². The van der Waals surface area contributed by atoms with Gasteiger partial charge in [0.2, 0.25) is 0 Å². The number of anilines is 1. The first-order valence-corrected chi connectivity index (χ1v) is 11.8. The summed E-state index contributed by atoms with van der Waals surface area (Å²) in [6.45, 7) is 0.377. The molecule has 2 aliphatic rings. The first kappa shape index (κ1) is 21.4. The van der Waals surface area contributed by atoms with Crippen molar-refractivity contribution in [3.05, 3.63) is 99.9 Å². The number of fused-ring (bicyclic) bond motifs is 1. The van der Waals surface area contributed by atoms with E-state index in [4.69, 9.17) is 0 Å². The summed E-state index contributed by atoms with van der Waals surface area (Å²) < 4.78 is 0. The number of benzene rings is 3. The third-order valence-corrected chi connectivity index (χ3v) is 7.73. The van der Waals surface area contributed by atoms with Crippen LogP contribution in [0.2, 0.25) is 0 Å². The molecule has 164 valence electrons. The molecule has 1 N–H and O–H groups in total. The summed E-state index contributed by atoms with van der Waals surface area (Å²) in [5.74, 6) is -1.13. The maximum Gasteiger partial charge on any atom is 0.335 e. The van der Waals surface area contributed by atoms with Crippen LogP contribution in [0.5, 0.6) is 0 Å². The van der Waals surface area contributed by atoms with Crippen molar-refractivity contribution in [1.82, 2.24) is 4.90 Å². The number of aliphatic imine (C=N–C) groups is 1. The van der Waals surface area contributed by atoms with Crippen molar-refractivity contribution in [2.45, 2.75) is 11.4 Å². The standard InChI is InChI=1S/C25H19N3O3S2/c1-27-19-12-5-6-13-20(19)32-23(27)21-22(29)28(15-16-8-3-2-4-9-16)25(33-21)26-18-11-7-10-17(14-18)24(30)31/h2-14H,15H2,1H3,(H,30,31)/b23-21-,26-25?. The summed E-state index contributed by atoms with van der Waals surface area (Å²) in [6.07, 6.45) is 0. The van der Waals surface area contributed by atoms with E-state index < -0.39 is 5.97 Å². The Hall–Kier alpha value is -3.49. The van der Waals surface area contributed by atoms with Crippen LogP contribution < -0.4 is 4.90 Å². The molecule has 8 heteroatoms.